The van der Waals surface area contributed by atoms with Gasteiger partial charge in [0.2, 0.25) is 5.91 Å². The van der Waals surface area contributed by atoms with E-state index in [0.717, 1.165) is 11.3 Å². The summed E-state index contributed by atoms with van der Waals surface area (Å²) in [4.78, 5) is 21.9. The Morgan fingerprint density at radius 3 is 2.78 bits per heavy atom. The number of carbonyl (C=O) groups is 1. The highest BCUT2D eigenvalue weighted by atomic mass is 35.5. The van der Waals surface area contributed by atoms with E-state index in [-0.39, 0.29) is 16.3 Å². The molecule has 0 aromatic carbocycles. The number of aromatic nitrogens is 6. The Bertz CT molecular complexity index is 1430. The van der Waals surface area contributed by atoms with Crippen LogP contribution in [0.25, 0.3) is 11.5 Å². The average molecular weight is 467 g/mol. The second-order valence-corrected chi connectivity index (χ2v) is 9.04. The SMILES string of the molecule is CC1(C)C[C@H](C(=O)Nc2cnc(-n3cc(C#N)cn3)c(Cl)c2)c2cnc3cc(Cl)nn3c21. The number of nitrogens with one attached hydrogen (secondary N) is 1. The van der Waals surface area contributed by atoms with Crippen molar-refractivity contribution in [1.82, 2.24) is 29.4 Å². The maximum atomic E-state index is 13.2. The molecule has 1 N–H and O–H groups in total. The van der Waals surface area contributed by atoms with Crippen LogP contribution in [0.3, 0.4) is 0 Å². The second-order valence-electron chi connectivity index (χ2n) is 8.24. The number of rotatable bonds is 3. The van der Waals surface area contributed by atoms with Crippen LogP contribution in [0.5, 0.6) is 0 Å². The molecule has 11 heteroatoms. The zero-order valence-electron chi connectivity index (χ0n) is 17.0. The molecule has 0 saturated carbocycles. The Morgan fingerprint density at radius 1 is 1.25 bits per heavy atom. The lowest BCUT2D eigenvalue weighted by Crippen LogP contribution is -2.21. The van der Waals surface area contributed by atoms with Gasteiger partial charge in [-0.25, -0.2) is 19.2 Å². The molecule has 32 heavy (non-hydrogen) atoms. The molecule has 0 aliphatic heterocycles. The summed E-state index contributed by atoms with van der Waals surface area (Å²) in [5.74, 6) is -0.240. The number of amides is 1. The molecule has 0 bridgehead atoms. The molecule has 1 aliphatic carbocycles. The van der Waals surface area contributed by atoms with Crippen LogP contribution in [0.15, 0.2) is 36.9 Å². The predicted octanol–water partition coefficient (Wildman–Crippen LogP) is 3.89. The minimum Gasteiger partial charge on any atom is -0.324 e. The van der Waals surface area contributed by atoms with E-state index in [1.165, 1.54) is 23.3 Å². The second kappa shape index (κ2) is 7.29. The standard InChI is InChI=1S/C21H16Cl2N8O/c1-21(2)5-13(14-9-25-17-4-16(23)29-31(17)18(14)21)20(32)28-12-3-15(22)19(26-8-12)30-10-11(6-24)7-27-30/h3-4,7-10,13H,5H2,1-2H3,(H,28,32)/t13-/m0/s1. The van der Waals surface area contributed by atoms with Crippen LogP contribution < -0.4 is 5.32 Å². The molecular formula is C21H16Cl2N8O. The fourth-order valence-electron chi connectivity index (χ4n) is 4.20. The minimum atomic E-state index is -0.414. The summed E-state index contributed by atoms with van der Waals surface area (Å²) >= 11 is 12.4. The van der Waals surface area contributed by atoms with Gasteiger partial charge in [-0.3, -0.25) is 4.79 Å². The third kappa shape index (κ3) is 3.28. The Labute approximate surface area is 192 Å². The van der Waals surface area contributed by atoms with Crippen LogP contribution in [0.1, 0.15) is 43.0 Å². The van der Waals surface area contributed by atoms with Crippen LogP contribution in [0.2, 0.25) is 10.2 Å². The molecule has 1 amide bonds. The van der Waals surface area contributed by atoms with Gasteiger partial charge in [0.15, 0.2) is 16.6 Å². The summed E-state index contributed by atoms with van der Waals surface area (Å²) in [6.45, 7) is 4.14. The molecule has 0 unspecified atom stereocenters. The average Bonchev–Trinajstić information content (AvgIpc) is 3.42. The van der Waals surface area contributed by atoms with Crippen LogP contribution >= 0.6 is 23.2 Å². The number of halogens is 2. The topological polar surface area (TPSA) is 114 Å². The lowest BCUT2D eigenvalue weighted by Gasteiger charge is -2.19. The number of hydrogen-bond acceptors (Lipinski definition) is 6. The van der Waals surface area contributed by atoms with Crippen molar-refractivity contribution in [1.29, 1.82) is 5.26 Å². The molecule has 4 aromatic heterocycles. The van der Waals surface area contributed by atoms with Crippen molar-refractivity contribution >= 4 is 40.4 Å². The largest absolute Gasteiger partial charge is 0.324 e. The van der Waals surface area contributed by atoms with Gasteiger partial charge in [-0.2, -0.15) is 15.5 Å². The summed E-state index contributed by atoms with van der Waals surface area (Å²) in [6.07, 6.45) is 6.77. The molecule has 4 aromatic rings. The molecule has 9 nitrogen and oxygen atoms in total. The van der Waals surface area contributed by atoms with E-state index in [4.69, 9.17) is 28.5 Å². The number of anilines is 1. The number of fused-ring (bicyclic) bond motifs is 3. The number of hydrogen-bond donors (Lipinski definition) is 1. The van der Waals surface area contributed by atoms with Crippen LogP contribution in [-0.4, -0.2) is 35.3 Å². The zero-order chi connectivity index (χ0) is 22.6. The monoisotopic (exact) mass is 466 g/mol. The van der Waals surface area contributed by atoms with E-state index < -0.39 is 5.92 Å². The van der Waals surface area contributed by atoms with Gasteiger partial charge in [0.25, 0.3) is 0 Å². The molecule has 4 heterocycles. The van der Waals surface area contributed by atoms with Crippen molar-refractivity contribution in [3.05, 3.63) is 63.9 Å². The highest BCUT2D eigenvalue weighted by Crippen LogP contribution is 2.46. The van der Waals surface area contributed by atoms with Crippen molar-refractivity contribution in [3.8, 4) is 11.9 Å². The van der Waals surface area contributed by atoms with Gasteiger partial charge in [-0.1, -0.05) is 37.0 Å². The van der Waals surface area contributed by atoms with Gasteiger partial charge in [-0.05, 0) is 12.5 Å². The van der Waals surface area contributed by atoms with Crippen molar-refractivity contribution < 1.29 is 4.79 Å². The van der Waals surface area contributed by atoms with Crippen molar-refractivity contribution in [3.63, 3.8) is 0 Å². The maximum absolute atomic E-state index is 13.2. The highest BCUT2D eigenvalue weighted by Gasteiger charge is 2.43. The molecule has 0 radical (unpaired) electrons. The molecular weight excluding hydrogens is 451 g/mol. The van der Waals surface area contributed by atoms with E-state index >= 15 is 0 Å². The molecule has 0 fully saturated rings. The number of pyridine rings is 1. The summed E-state index contributed by atoms with van der Waals surface area (Å²) in [5.41, 5.74) is 2.94. The Balaban J connectivity index is 1.43. The van der Waals surface area contributed by atoms with Crippen LogP contribution in [0.4, 0.5) is 5.69 Å². The smallest absolute Gasteiger partial charge is 0.232 e. The number of carbonyl (C=O) groups excluding carboxylic acids is 1. The summed E-state index contributed by atoms with van der Waals surface area (Å²) in [5, 5.41) is 20.9. The fourth-order valence-corrected chi connectivity index (χ4v) is 4.62. The quantitative estimate of drug-likeness (QED) is 0.489. The summed E-state index contributed by atoms with van der Waals surface area (Å²) in [6, 6.07) is 5.30. The Kier molecular flexibility index (Phi) is 4.65. The number of nitriles is 1. The lowest BCUT2D eigenvalue weighted by molar-refractivity contribution is -0.117. The third-order valence-corrected chi connectivity index (χ3v) is 6.01. The van der Waals surface area contributed by atoms with E-state index in [2.05, 4.69) is 39.3 Å². The fraction of sp³-hybridized carbons (Fsp3) is 0.238. The first-order valence-corrected chi connectivity index (χ1v) is 10.5. The predicted molar refractivity (Wildman–Crippen MR) is 118 cm³/mol. The van der Waals surface area contributed by atoms with Gasteiger partial charge in [0.1, 0.15) is 6.07 Å². The summed E-state index contributed by atoms with van der Waals surface area (Å²) in [7, 11) is 0. The first-order chi connectivity index (χ1) is 15.3. The van der Waals surface area contributed by atoms with Crippen LogP contribution in [0, 0.1) is 11.3 Å². The summed E-state index contributed by atoms with van der Waals surface area (Å²) < 4.78 is 3.13. The van der Waals surface area contributed by atoms with E-state index in [9.17, 15) is 4.79 Å². The highest BCUT2D eigenvalue weighted by molar-refractivity contribution is 6.32. The Hall–Kier alpha value is -3.48. The zero-order valence-corrected chi connectivity index (χ0v) is 18.6. The number of nitrogens with zero attached hydrogens (tertiary/aromatic N) is 7. The molecule has 160 valence electrons. The van der Waals surface area contributed by atoms with E-state index in [1.807, 2.05) is 6.07 Å². The van der Waals surface area contributed by atoms with Crippen molar-refractivity contribution in [2.45, 2.75) is 31.6 Å². The van der Waals surface area contributed by atoms with Crippen molar-refractivity contribution in [2.24, 2.45) is 0 Å². The van der Waals surface area contributed by atoms with Gasteiger partial charge in [-0.15, -0.1) is 0 Å². The maximum Gasteiger partial charge on any atom is 0.232 e. The van der Waals surface area contributed by atoms with Crippen LogP contribution in [-0.2, 0) is 10.2 Å². The molecule has 0 saturated heterocycles. The molecule has 1 atom stereocenters. The third-order valence-electron chi connectivity index (χ3n) is 5.55. The van der Waals surface area contributed by atoms with E-state index in [0.29, 0.717) is 34.3 Å². The van der Waals surface area contributed by atoms with Gasteiger partial charge in [0, 0.05) is 23.2 Å². The lowest BCUT2D eigenvalue weighted by atomic mass is 9.88. The normalized spacial score (nSPS) is 16.7. The van der Waals surface area contributed by atoms with Gasteiger partial charge in [0.05, 0.1) is 46.5 Å². The van der Waals surface area contributed by atoms with Gasteiger partial charge >= 0.3 is 0 Å². The minimum absolute atomic E-state index is 0.187. The Morgan fingerprint density at radius 2 is 2.06 bits per heavy atom. The van der Waals surface area contributed by atoms with Crippen molar-refractivity contribution in [2.75, 3.05) is 5.32 Å². The molecule has 1 aliphatic rings. The van der Waals surface area contributed by atoms with Gasteiger partial charge < -0.3 is 5.32 Å². The first kappa shape index (κ1) is 20.4. The molecule has 0 spiro atoms. The van der Waals surface area contributed by atoms with E-state index in [1.54, 1.807) is 22.8 Å². The first-order valence-electron chi connectivity index (χ1n) is 9.73. The molecule has 5 rings (SSSR count).